The molecule has 1 heterocycles. The molecule has 7 nitrogen and oxygen atoms in total. The summed E-state index contributed by atoms with van der Waals surface area (Å²) in [6.07, 6.45) is 1.29. The average molecular weight is 333 g/mol. The molecule has 1 rings (SSSR count). The van der Waals surface area contributed by atoms with Gasteiger partial charge in [0.15, 0.2) is 0 Å². The third kappa shape index (κ3) is 5.75. The molecule has 126 valence electrons. The second-order valence-corrected chi connectivity index (χ2v) is 4.56. The summed E-state index contributed by atoms with van der Waals surface area (Å²) in [5, 5.41) is 12.3. The van der Waals surface area contributed by atoms with Gasteiger partial charge >= 0.3 is 0 Å². The number of hydrogen-bond donors (Lipinski definition) is 3. The molecule has 0 atom stereocenters. The number of nitrogens with one attached hydrogen (secondary N) is 3. The minimum atomic E-state index is -0.436. The van der Waals surface area contributed by atoms with Crippen molar-refractivity contribution >= 4 is 18.3 Å². The summed E-state index contributed by atoms with van der Waals surface area (Å²) in [5.41, 5.74) is 1.24. The van der Waals surface area contributed by atoms with Crippen molar-refractivity contribution in [2.24, 2.45) is 0 Å². The van der Waals surface area contributed by atoms with Crippen LogP contribution in [0.15, 0.2) is 4.79 Å². The predicted octanol–water partition coefficient (Wildman–Crippen LogP) is 0.282. The van der Waals surface area contributed by atoms with Gasteiger partial charge in [0.2, 0.25) is 0 Å². The van der Waals surface area contributed by atoms with Crippen LogP contribution >= 0.6 is 12.4 Å². The van der Waals surface area contributed by atoms with E-state index in [2.05, 4.69) is 20.8 Å². The standard InChI is InChI=1S/C14H24N4O3.ClH/c1-4-10-11(5-2)17-18-14(20)12(10)13(19)16-7-6-15-8-9-21-3;/h15H,4-9H2,1-3H3,(H,16,19)(H,18,20);1H. The molecule has 0 radical (unpaired) electrons. The summed E-state index contributed by atoms with van der Waals surface area (Å²) in [7, 11) is 1.64. The first kappa shape index (κ1) is 20.6. The second kappa shape index (κ2) is 11.2. The SMILES string of the molecule is CCc1n[nH]c(=O)c(C(=O)NCCNCCOC)c1CC.Cl. The van der Waals surface area contributed by atoms with Crippen molar-refractivity contribution in [3.63, 3.8) is 0 Å². The summed E-state index contributed by atoms with van der Waals surface area (Å²) < 4.78 is 4.91. The van der Waals surface area contributed by atoms with Gasteiger partial charge in [-0.05, 0) is 18.4 Å². The van der Waals surface area contributed by atoms with Crippen LogP contribution < -0.4 is 16.2 Å². The fraction of sp³-hybridized carbons (Fsp3) is 0.643. The number of carbonyl (C=O) groups is 1. The van der Waals surface area contributed by atoms with E-state index in [1.807, 2.05) is 13.8 Å². The Morgan fingerprint density at radius 2 is 1.95 bits per heavy atom. The molecule has 0 spiro atoms. The van der Waals surface area contributed by atoms with Crippen molar-refractivity contribution in [2.45, 2.75) is 26.7 Å². The molecule has 0 fully saturated rings. The first-order chi connectivity index (χ1) is 10.2. The zero-order valence-electron chi connectivity index (χ0n) is 13.3. The number of ether oxygens (including phenoxy) is 1. The smallest absolute Gasteiger partial charge is 0.277 e. The van der Waals surface area contributed by atoms with E-state index in [0.717, 1.165) is 17.8 Å². The van der Waals surface area contributed by atoms with Crippen LogP contribution in [0.25, 0.3) is 0 Å². The van der Waals surface area contributed by atoms with Crippen LogP contribution in [0.3, 0.4) is 0 Å². The number of aromatic nitrogens is 2. The number of carbonyl (C=O) groups excluding carboxylic acids is 1. The molecule has 0 aliphatic rings. The van der Waals surface area contributed by atoms with Crippen LogP contribution in [0, 0.1) is 0 Å². The van der Waals surface area contributed by atoms with Crippen LogP contribution in [0.2, 0.25) is 0 Å². The van der Waals surface area contributed by atoms with E-state index in [0.29, 0.717) is 32.5 Å². The Morgan fingerprint density at radius 1 is 1.23 bits per heavy atom. The minimum Gasteiger partial charge on any atom is -0.383 e. The molecule has 1 aromatic heterocycles. The van der Waals surface area contributed by atoms with Crippen molar-refractivity contribution in [3.8, 4) is 0 Å². The molecule has 0 saturated heterocycles. The fourth-order valence-electron chi connectivity index (χ4n) is 2.09. The van der Waals surface area contributed by atoms with Gasteiger partial charge in [-0.1, -0.05) is 13.8 Å². The fourth-order valence-corrected chi connectivity index (χ4v) is 2.09. The predicted molar refractivity (Wildman–Crippen MR) is 87.9 cm³/mol. The van der Waals surface area contributed by atoms with Crippen LogP contribution in [-0.4, -0.2) is 49.5 Å². The van der Waals surface area contributed by atoms with Gasteiger partial charge in [0.05, 0.1) is 12.3 Å². The summed E-state index contributed by atoms with van der Waals surface area (Å²) in [5.74, 6) is -0.348. The van der Waals surface area contributed by atoms with Crippen molar-refractivity contribution < 1.29 is 9.53 Å². The lowest BCUT2D eigenvalue weighted by molar-refractivity contribution is 0.0950. The molecule has 1 aromatic rings. The molecule has 0 aliphatic carbocycles. The molecular formula is C14H25ClN4O3. The summed E-state index contributed by atoms with van der Waals surface area (Å²) in [6, 6.07) is 0. The topological polar surface area (TPSA) is 96.1 Å². The zero-order valence-corrected chi connectivity index (χ0v) is 14.1. The van der Waals surface area contributed by atoms with Crippen LogP contribution in [0.4, 0.5) is 0 Å². The Balaban J connectivity index is 0.00000441. The third-order valence-electron chi connectivity index (χ3n) is 3.16. The van der Waals surface area contributed by atoms with Gasteiger partial charge in [-0.3, -0.25) is 9.59 Å². The monoisotopic (exact) mass is 332 g/mol. The normalized spacial score (nSPS) is 10.1. The van der Waals surface area contributed by atoms with Gasteiger partial charge in [0.25, 0.3) is 11.5 Å². The molecule has 0 aliphatic heterocycles. The summed E-state index contributed by atoms with van der Waals surface area (Å²) in [4.78, 5) is 24.1. The lowest BCUT2D eigenvalue weighted by atomic mass is 10.0. The lowest BCUT2D eigenvalue weighted by Crippen LogP contribution is -2.37. The number of nitrogens with zero attached hydrogens (tertiary/aromatic N) is 1. The van der Waals surface area contributed by atoms with E-state index in [1.165, 1.54) is 0 Å². The highest BCUT2D eigenvalue weighted by Gasteiger charge is 2.18. The van der Waals surface area contributed by atoms with Crippen molar-refractivity contribution in [2.75, 3.05) is 33.4 Å². The molecule has 22 heavy (non-hydrogen) atoms. The molecule has 3 N–H and O–H groups in total. The quantitative estimate of drug-likeness (QED) is 0.565. The second-order valence-electron chi connectivity index (χ2n) is 4.56. The highest BCUT2D eigenvalue weighted by atomic mass is 35.5. The number of H-pyrrole nitrogens is 1. The van der Waals surface area contributed by atoms with E-state index < -0.39 is 5.56 Å². The largest absolute Gasteiger partial charge is 0.383 e. The number of aryl methyl sites for hydroxylation is 1. The van der Waals surface area contributed by atoms with Crippen LogP contribution in [0.5, 0.6) is 0 Å². The average Bonchev–Trinajstić information content (AvgIpc) is 2.49. The van der Waals surface area contributed by atoms with Crippen LogP contribution in [0.1, 0.15) is 35.5 Å². The van der Waals surface area contributed by atoms with E-state index in [1.54, 1.807) is 7.11 Å². The van der Waals surface area contributed by atoms with Crippen LogP contribution in [-0.2, 0) is 17.6 Å². The lowest BCUT2D eigenvalue weighted by Gasteiger charge is -2.11. The van der Waals surface area contributed by atoms with Gasteiger partial charge in [0, 0.05) is 26.7 Å². The van der Waals surface area contributed by atoms with Crippen molar-refractivity contribution in [3.05, 3.63) is 27.2 Å². The van der Waals surface area contributed by atoms with E-state index in [-0.39, 0.29) is 23.9 Å². The number of amides is 1. The number of methoxy groups -OCH3 is 1. The molecule has 0 unspecified atom stereocenters. The Morgan fingerprint density at radius 3 is 2.55 bits per heavy atom. The maximum Gasteiger partial charge on any atom is 0.277 e. The maximum atomic E-state index is 12.2. The molecule has 8 heteroatoms. The van der Waals surface area contributed by atoms with Gasteiger partial charge in [-0.2, -0.15) is 5.10 Å². The minimum absolute atomic E-state index is 0. The zero-order chi connectivity index (χ0) is 15.7. The molecular weight excluding hydrogens is 308 g/mol. The summed E-state index contributed by atoms with van der Waals surface area (Å²) in [6.45, 7) is 6.29. The Labute approximate surface area is 136 Å². The first-order valence-corrected chi connectivity index (χ1v) is 7.23. The number of hydrogen-bond acceptors (Lipinski definition) is 5. The third-order valence-corrected chi connectivity index (χ3v) is 3.16. The Bertz CT molecular complexity index is 519. The van der Waals surface area contributed by atoms with Crippen molar-refractivity contribution in [1.29, 1.82) is 0 Å². The van der Waals surface area contributed by atoms with Crippen molar-refractivity contribution in [1.82, 2.24) is 20.8 Å². The number of aromatic amines is 1. The highest BCUT2D eigenvalue weighted by Crippen LogP contribution is 2.09. The maximum absolute atomic E-state index is 12.2. The van der Waals surface area contributed by atoms with Gasteiger partial charge in [-0.15, -0.1) is 12.4 Å². The molecule has 0 aromatic carbocycles. The Hall–Kier alpha value is -1.44. The van der Waals surface area contributed by atoms with Gasteiger partial charge < -0.3 is 15.4 Å². The van der Waals surface area contributed by atoms with Gasteiger partial charge in [0.1, 0.15) is 5.56 Å². The van der Waals surface area contributed by atoms with E-state index in [9.17, 15) is 9.59 Å². The molecule has 1 amide bonds. The first-order valence-electron chi connectivity index (χ1n) is 7.23. The van der Waals surface area contributed by atoms with E-state index in [4.69, 9.17) is 4.74 Å². The molecule has 0 saturated carbocycles. The molecule has 0 bridgehead atoms. The summed E-state index contributed by atoms with van der Waals surface area (Å²) >= 11 is 0. The Kier molecular flexibility index (Phi) is 10.4. The number of halogens is 1. The van der Waals surface area contributed by atoms with Gasteiger partial charge in [-0.25, -0.2) is 5.10 Å². The van der Waals surface area contributed by atoms with E-state index >= 15 is 0 Å². The highest BCUT2D eigenvalue weighted by molar-refractivity contribution is 5.95. The number of rotatable bonds is 9.